The maximum atomic E-state index is 13.2. The molecule has 3 aromatic carbocycles. The van der Waals surface area contributed by atoms with Crippen molar-refractivity contribution in [1.29, 1.82) is 0 Å². The van der Waals surface area contributed by atoms with Crippen molar-refractivity contribution in [3.8, 4) is 17.4 Å². The zero-order valence-corrected chi connectivity index (χ0v) is 24.0. The zero-order chi connectivity index (χ0) is 29.1. The molecule has 6 rings (SSSR count). The van der Waals surface area contributed by atoms with Crippen molar-refractivity contribution >= 4 is 22.9 Å². The molecular weight excluding hydrogens is 532 g/mol. The fraction of sp³-hybridized carbons (Fsp3) is 0.364. The second kappa shape index (κ2) is 11.8. The van der Waals surface area contributed by atoms with Crippen molar-refractivity contribution in [2.45, 2.75) is 37.7 Å². The highest BCUT2D eigenvalue weighted by Crippen LogP contribution is 2.37. The lowest BCUT2D eigenvalue weighted by molar-refractivity contribution is -0.00761. The highest BCUT2D eigenvalue weighted by atomic mass is 16.6. The van der Waals surface area contributed by atoms with E-state index in [9.17, 15) is 9.90 Å². The number of nitrogens with one attached hydrogen (secondary N) is 1. The van der Waals surface area contributed by atoms with E-state index < -0.39 is 5.60 Å². The lowest BCUT2D eigenvalue weighted by atomic mass is 9.85. The van der Waals surface area contributed by atoms with Gasteiger partial charge in [-0.05, 0) is 41.5 Å². The van der Waals surface area contributed by atoms with Crippen LogP contribution in [0.25, 0.3) is 10.9 Å². The summed E-state index contributed by atoms with van der Waals surface area (Å²) < 4.78 is 17.0. The van der Waals surface area contributed by atoms with Crippen molar-refractivity contribution in [1.82, 2.24) is 15.3 Å². The van der Waals surface area contributed by atoms with Gasteiger partial charge >= 0.3 is 6.09 Å². The maximum Gasteiger partial charge on any atom is 0.407 e. The van der Waals surface area contributed by atoms with Crippen LogP contribution in [-0.4, -0.2) is 60.6 Å². The summed E-state index contributed by atoms with van der Waals surface area (Å²) in [6, 6.07) is 22.0. The number of benzene rings is 3. The summed E-state index contributed by atoms with van der Waals surface area (Å²) >= 11 is 0. The molecule has 0 radical (unpaired) electrons. The highest BCUT2D eigenvalue weighted by Gasteiger charge is 2.39. The van der Waals surface area contributed by atoms with E-state index in [1.165, 1.54) is 11.1 Å². The Morgan fingerprint density at radius 2 is 1.60 bits per heavy atom. The largest absolute Gasteiger partial charge is 0.493 e. The number of carbonyl (C=O) groups is 1. The van der Waals surface area contributed by atoms with Crippen molar-refractivity contribution < 1.29 is 24.1 Å². The van der Waals surface area contributed by atoms with Crippen LogP contribution in [0.3, 0.4) is 0 Å². The molecule has 1 aromatic heterocycles. The molecule has 2 aliphatic rings. The number of anilines is 1. The number of methoxy groups -OCH3 is 2. The number of piperidine rings is 1. The maximum absolute atomic E-state index is 13.2. The van der Waals surface area contributed by atoms with E-state index in [1.54, 1.807) is 26.4 Å². The van der Waals surface area contributed by atoms with Crippen LogP contribution in [0.5, 0.6) is 17.4 Å². The number of hydrogen-bond acceptors (Lipinski definition) is 8. The Morgan fingerprint density at radius 1 is 0.952 bits per heavy atom. The van der Waals surface area contributed by atoms with E-state index >= 15 is 0 Å². The molecule has 2 N–H and O–H groups in total. The first-order valence-electron chi connectivity index (χ1n) is 14.4. The molecule has 42 heavy (non-hydrogen) atoms. The van der Waals surface area contributed by atoms with Gasteiger partial charge in [0.15, 0.2) is 11.5 Å². The van der Waals surface area contributed by atoms with Crippen LogP contribution in [0.4, 0.5) is 10.7 Å². The summed E-state index contributed by atoms with van der Waals surface area (Å²) in [5.41, 5.74) is 3.73. The van der Waals surface area contributed by atoms with Crippen molar-refractivity contribution in [3.63, 3.8) is 0 Å². The van der Waals surface area contributed by atoms with Crippen LogP contribution in [0.2, 0.25) is 0 Å². The first-order valence-corrected chi connectivity index (χ1v) is 14.4. The van der Waals surface area contributed by atoms with E-state index in [-0.39, 0.29) is 12.0 Å². The summed E-state index contributed by atoms with van der Waals surface area (Å²) in [6.07, 6.45) is 3.37. The number of nitrogens with zero attached hydrogens (tertiary/aromatic N) is 3. The van der Waals surface area contributed by atoms with Gasteiger partial charge in [-0.1, -0.05) is 54.6 Å². The second-order valence-electron chi connectivity index (χ2n) is 11.2. The summed E-state index contributed by atoms with van der Waals surface area (Å²) in [4.78, 5) is 24.3. The average Bonchev–Trinajstić information content (AvgIpc) is 3.43. The number of aromatic nitrogens is 2. The van der Waals surface area contributed by atoms with E-state index in [2.05, 4.69) is 46.7 Å². The minimum absolute atomic E-state index is 0.123. The molecular formula is C33H36N4O5. The van der Waals surface area contributed by atoms with Gasteiger partial charge in [0, 0.05) is 45.0 Å². The monoisotopic (exact) mass is 568 g/mol. The third kappa shape index (κ3) is 5.77. The molecule has 0 saturated carbocycles. The number of amides is 1. The Kier molecular flexibility index (Phi) is 7.73. The molecule has 1 aliphatic carbocycles. The van der Waals surface area contributed by atoms with Gasteiger partial charge < -0.3 is 29.5 Å². The molecule has 218 valence electrons. The predicted molar refractivity (Wildman–Crippen MR) is 160 cm³/mol. The second-order valence-corrected chi connectivity index (χ2v) is 11.2. The predicted octanol–water partition coefficient (Wildman–Crippen LogP) is 5.08. The molecule has 0 atom stereocenters. The van der Waals surface area contributed by atoms with Gasteiger partial charge in [-0.15, -0.1) is 0 Å². The number of alkyl carbamates (subject to hydrolysis) is 1. The third-order valence-electron chi connectivity index (χ3n) is 8.48. The van der Waals surface area contributed by atoms with Gasteiger partial charge in [-0.3, -0.25) is 0 Å². The van der Waals surface area contributed by atoms with E-state index in [0.29, 0.717) is 73.2 Å². The first-order chi connectivity index (χ1) is 20.4. The van der Waals surface area contributed by atoms with Crippen molar-refractivity contribution in [2.75, 3.05) is 38.8 Å². The number of hydrogen-bond donors (Lipinski definition) is 2. The minimum atomic E-state index is -0.671. The van der Waals surface area contributed by atoms with Gasteiger partial charge in [-0.2, -0.15) is 4.98 Å². The van der Waals surface area contributed by atoms with Crippen LogP contribution >= 0.6 is 0 Å². The molecule has 1 saturated heterocycles. The zero-order valence-electron chi connectivity index (χ0n) is 24.0. The van der Waals surface area contributed by atoms with Crippen LogP contribution in [0.1, 0.15) is 29.5 Å². The van der Waals surface area contributed by atoms with Crippen LogP contribution < -0.4 is 19.7 Å². The summed E-state index contributed by atoms with van der Waals surface area (Å²) in [5, 5.41) is 14.3. The molecule has 0 unspecified atom stereocenters. The van der Waals surface area contributed by atoms with Gasteiger partial charge in [0.1, 0.15) is 5.60 Å². The molecule has 9 heteroatoms. The van der Waals surface area contributed by atoms with Crippen LogP contribution in [0.15, 0.2) is 66.7 Å². The summed E-state index contributed by atoms with van der Waals surface area (Å²) in [5.74, 6) is 1.69. The molecule has 2 heterocycles. The fourth-order valence-electron chi connectivity index (χ4n) is 6.22. The Morgan fingerprint density at radius 3 is 2.26 bits per heavy atom. The molecule has 1 aliphatic heterocycles. The number of rotatable bonds is 8. The standard InChI is InChI=1S/C33H36N4O5/c1-40-28-18-26-27(19-29(28)41-2)35-31(36-30(26)38)37-14-12-33(13-15-37,20-22-8-4-3-5-9-22)42-32(39)34-21-23-16-24-10-6-7-11-25(24)17-23/h3-11,18-19,23H,12-17,20-21H2,1-2H3,(H,34,39)(H,35,36,38). The smallest absolute Gasteiger partial charge is 0.407 e. The summed E-state index contributed by atoms with van der Waals surface area (Å²) in [7, 11) is 3.10. The summed E-state index contributed by atoms with van der Waals surface area (Å²) in [6.45, 7) is 1.71. The van der Waals surface area contributed by atoms with Gasteiger partial charge in [-0.25, -0.2) is 9.78 Å². The Hall–Kier alpha value is -4.53. The van der Waals surface area contributed by atoms with E-state index in [0.717, 1.165) is 18.4 Å². The number of ether oxygens (including phenoxy) is 3. The first kappa shape index (κ1) is 27.6. The molecule has 0 spiro atoms. The van der Waals surface area contributed by atoms with E-state index in [4.69, 9.17) is 19.2 Å². The highest BCUT2D eigenvalue weighted by molar-refractivity contribution is 5.87. The number of fused-ring (bicyclic) bond motifs is 2. The Bertz CT molecular complexity index is 1550. The van der Waals surface area contributed by atoms with Crippen LogP contribution in [-0.2, 0) is 24.0 Å². The lowest BCUT2D eigenvalue weighted by Gasteiger charge is -2.41. The Labute approximate surface area is 245 Å². The van der Waals surface area contributed by atoms with Crippen molar-refractivity contribution in [2.24, 2.45) is 5.92 Å². The fourth-order valence-corrected chi connectivity index (χ4v) is 6.22. The SMILES string of the molecule is COc1cc2nc(N3CCC(Cc4ccccc4)(OC(=O)NCC4Cc5ccccc5C4)CC3)nc(O)c2cc1OC. The number of carbonyl (C=O) groups excluding carboxylic acids is 1. The van der Waals surface area contributed by atoms with Crippen molar-refractivity contribution in [3.05, 3.63) is 83.4 Å². The Balaban J connectivity index is 1.16. The van der Waals surface area contributed by atoms with Gasteiger partial charge in [0.25, 0.3) is 0 Å². The quantitative estimate of drug-likeness (QED) is 0.303. The van der Waals surface area contributed by atoms with Gasteiger partial charge in [0.2, 0.25) is 11.8 Å². The topological polar surface area (TPSA) is 106 Å². The van der Waals surface area contributed by atoms with Gasteiger partial charge in [0.05, 0.1) is 25.1 Å². The third-order valence-corrected chi connectivity index (χ3v) is 8.48. The normalized spacial score (nSPS) is 16.2. The van der Waals surface area contributed by atoms with E-state index in [1.807, 2.05) is 23.1 Å². The number of aromatic hydroxyl groups is 1. The molecule has 1 amide bonds. The molecule has 1 fully saturated rings. The van der Waals surface area contributed by atoms with Crippen LogP contribution in [0, 0.1) is 5.92 Å². The molecule has 0 bridgehead atoms. The minimum Gasteiger partial charge on any atom is -0.493 e. The average molecular weight is 569 g/mol. The molecule has 4 aromatic rings. The lowest BCUT2D eigenvalue weighted by Crippen LogP contribution is -2.50. The molecule has 9 nitrogen and oxygen atoms in total.